The Morgan fingerprint density at radius 2 is 2.18 bits per heavy atom. The zero-order valence-electron chi connectivity index (χ0n) is 10.9. The second kappa shape index (κ2) is 5.89. The number of pyridine rings is 1. The zero-order chi connectivity index (χ0) is 12.1. The van der Waals surface area contributed by atoms with Gasteiger partial charge in [0.15, 0.2) is 0 Å². The van der Waals surface area contributed by atoms with Crippen LogP contribution >= 0.6 is 0 Å². The van der Waals surface area contributed by atoms with E-state index in [0.717, 1.165) is 31.4 Å². The molecule has 94 valence electrons. The molecule has 0 aliphatic heterocycles. The molecule has 1 aliphatic carbocycles. The largest absolute Gasteiger partial charge is 0.370 e. The van der Waals surface area contributed by atoms with Crippen LogP contribution in [-0.4, -0.2) is 24.1 Å². The van der Waals surface area contributed by atoms with Crippen LogP contribution in [0.3, 0.4) is 0 Å². The van der Waals surface area contributed by atoms with E-state index in [9.17, 15) is 0 Å². The van der Waals surface area contributed by atoms with Crippen LogP contribution in [0.2, 0.25) is 0 Å². The molecule has 0 saturated heterocycles. The normalized spacial score (nSPS) is 14.7. The number of aromatic nitrogens is 1. The van der Waals surface area contributed by atoms with Crippen molar-refractivity contribution in [1.29, 1.82) is 0 Å². The van der Waals surface area contributed by atoms with Gasteiger partial charge < -0.3 is 10.2 Å². The van der Waals surface area contributed by atoms with Gasteiger partial charge in [-0.2, -0.15) is 0 Å². The summed E-state index contributed by atoms with van der Waals surface area (Å²) in [5.41, 5.74) is 1.32. The van der Waals surface area contributed by atoms with Gasteiger partial charge in [0.1, 0.15) is 5.82 Å². The Bertz CT molecular complexity index is 347. The van der Waals surface area contributed by atoms with Crippen molar-refractivity contribution in [2.75, 3.05) is 23.3 Å². The molecule has 1 N–H and O–H groups in total. The average molecular weight is 233 g/mol. The Morgan fingerprint density at radius 1 is 1.35 bits per heavy atom. The maximum absolute atomic E-state index is 4.36. The van der Waals surface area contributed by atoms with Crippen molar-refractivity contribution in [3.63, 3.8) is 0 Å². The van der Waals surface area contributed by atoms with Gasteiger partial charge in [-0.25, -0.2) is 4.98 Å². The minimum atomic E-state index is 0.774. The van der Waals surface area contributed by atoms with E-state index in [1.54, 1.807) is 0 Å². The van der Waals surface area contributed by atoms with Gasteiger partial charge in [0.05, 0.1) is 0 Å². The Balaban J connectivity index is 2.07. The number of nitrogens with zero attached hydrogens (tertiary/aromatic N) is 2. The summed E-state index contributed by atoms with van der Waals surface area (Å²) in [5, 5.41) is 3.35. The van der Waals surface area contributed by atoms with Crippen molar-refractivity contribution in [2.24, 2.45) is 0 Å². The fraction of sp³-hybridized carbons (Fsp3) is 0.643. The second-order valence-electron chi connectivity index (χ2n) is 4.75. The van der Waals surface area contributed by atoms with Crippen molar-refractivity contribution >= 4 is 11.5 Å². The molecule has 0 atom stereocenters. The minimum Gasteiger partial charge on any atom is -0.370 e. The van der Waals surface area contributed by atoms with Gasteiger partial charge in [-0.05, 0) is 31.7 Å². The van der Waals surface area contributed by atoms with Crippen molar-refractivity contribution in [1.82, 2.24) is 4.98 Å². The molecule has 0 aromatic carbocycles. The van der Waals surface area contributed by atoms with Gasteiger partial charge in [0.2, 0.25) is 0 Å². The molecule has 17 heavy (non-hydrogen) atoms. The molecule has 1 aromatic rings. The SMILES string of the molecule is CCCNc1cc(N(CCC)C2CC2)ccn1. The molecule has 0 radical (unpaired) electrons. The van der Waals surface area contributed by atoms with Crippen molar-refractivity contribution in [3.8, 4) is 0 Å². The van der Waals surface area contributed by atoms with Gasteiger partial charge in [-0.3, -0.25) is 0 Å². The van der Waals surface area contributed by atoms with E-state index in [-0.39, 0.29) is 0 Å². The molecule has 2 rings (SSSR count). The van der Waals surface area contributed by atoms with E-state index in [1.807, 2.05) is 6.20 Å². The number of hydrogen-bond donors (Lipinski definition) is 1. The number of hydrogen-bond acceptors (Lipinski definition) is 3. The van der Waals surface area contributed by atoms with Crippen molar-refractivity contribution in [3.05, 3.63) is 18.3 Å². The van der Waals surface area contributed by atoms with Crippen LogP contribution in [0.15, 0.2) is 18.3 Å². The highest BCUT2D eigenvalue weighted by Gasteiger charge is 2.28. The van der Waals surface area contributed by atoms with E-state index >= 15 is 0 Å². The lowest BCUT2D eigenvalue weighted by Gasteiger charge is -2.24. The topological polar surface area (TPSA) is 28.2 Å². The predicted molar refractivity (Wildman–Crippen MR) is 73.7 cm³/mol. The molecule has 0 unspecified atom stereocenters. The number of nitrogens with one attached hydrogen (secondary N) is 1. The first-order valence-electron chi connectivity index (χ1n) is 6.81. The molecular formula is C14H23N3. The van der Waals surface area contributed by atoms with Crippen molar-refractivity contribution in [2.45, 2.75) is 45.6 Å². The summed E-state index contributed by atoms with van der Waals surface area (Å²) < 4.78 is 0. The molecule has 3 nitrogen and oxygen atoms in total. The molecule has 0 amide bonds. The lowest BCUT2D eigenvalue weighted by Crippen LogP contribution is -2.26. The molecule has 0 bridgehead atoms. The Kier molecular flexibility index (Phi) is 4.24. The molecule has 3 heteroatoms. The van der Waals surface area contributed by atoms with Crippen LogP contribution in [-0.2, 0) is 0 Å². The Labute approximate surface area is 104 Å². The smallest absolute Gasteiger partial charge is 0.127 e. The van der Waals surface area contributed by atoms with Gasteiger partial charge in [0, 0.05) is 37.1 Å². The molecule has 1 saturated carbocycles. The molecular weight excluding hydrogens is 210 g/mol. The second-order valence-corrected chi connectivity index (χ2v) is 4.75. The average Bonchev–Trinajstić information content (AvgIpc) is 3.18. The third kappa shape index (κ3) is 3.35. The highest BCUT2D eigenvalue weighted by atomic mass is 15.2. The van der Waals surface area contributed by atoms with Gasteiger partial charge in [-0.1, -0.05) is 13.8 Å². The molecule has 1 aliphatic rings. The fourth-order valence-electron chi connectivity index (χ4n) is 2.10. The lowest BCUT2D eigenvalue weighted by atomic mass is 10.3. The summed E-state index contributed by atoms with van der Waals surface area (Å²) >= 11 is 0. The monoisotopic (exact) mass is 233 g/mol. The quantitative estimate of drug-likeness (QED) is 0.783. The predicted octanol–water partition coefficient (Wildman–Crippen LogP) is 3.28. The van der Waals surface area contributed by atoms with E-state index in [4.69, 9.17) is 0 Å². The first-order valence-corrected chi connectivity index (χ1v) is 6.81. The summed E-state index contributed by atoms with van der Waals surface area (Å²) in [7, 11) is 0. The first kappa shape index (κ1) is 12.2. The number of rotatable bonds is 7. The van der Waals surface area contributed by atoms with Crippen LogP contribution in [0, 0.1) is 0 Å². The summed E-state index contributed by atoms with van der Waals surface area (Å²) in [5.74, 6) is 1.01. The maximum Gasteiger partial charge on any atom is 0.127 e. The lowest BCUT2D eigenvalue weighted by molar-refractivity contribution is 0.762. The van der Waals surface area contributed by atoms with E-state index in [0.29, 0.717) is 0 Å². The van der Waals surface area contributed by atoms with Crippen LogP contribution in [0.25, 0.3) is 0 Å². The Morgan fingerprint density at radius 3 is 2.82 bits per heavy atom. The molecule has 1 fully saturated rings. The van der Waals surface area contributed by atoms with Gasteiger partial charge >= 0.3 is 0 Å². The number of anilines is 2. The van der Waals surface area contributed by atoms with E-state index in [1.165, 1.54) is 24.9 Å². The highest BCUT2D eigenvalue weighted by Crippen LogP contribution is 2.32. The minimum absolute atomic E-state index is 0.774. The van der Waals surface area contributed by atoms with Crippen LogP contribution in [0.1, 0.15) is 39.5 Å². The Hall–Kier alpha value is -1.25. The molecule has 1 aromatic heterocycles. The summed E-state index contributed by atoms with van der Waals surface area (Å²) in [6, 6.07) is 5.09. The van der Waals surface area contributed by atoms with Gasteiger partial charge in [-0.15, -0.1) is 0 Å². The van der Waals surface area contributed by atoms with Gasteiger partial charge in [0.25, 0.3) is 0 Å². The summed E-state index contributed by atoms with van der Waals surface area (Å²) in [4.78, 5) is 6.89. The zero-order valence-corrected chi connectivity index (χ0v) is 10.9. The third-order valence-electron chi connectivity index (χ3n) is 3.08. The van der Waals surface area contributed by atoms with E-state index in [2.05, 4.69) is 41.2 Å². The third-order valence-corrected chi connectivity index (χ3v) is 3.08. The van der Waals surface area contributed by atoms with Crippen LogP contribution in [0.5, 0.6) is 0 Å². The van der Waals surface area contributed by atoms with Crippen LogP contribution in [0.4, 0.5) is 11.5 Å². The maximum atomic E-state index is 4.36. The molecule has 0 spiro atoms. The summed E-state index contributed by atoms with van der Waals surface area (Å²) in [6.45, 7) is 6.56. The fourth-order valence-corrected chi connectivity index (χ4v) is 2.10. The van der Waals surface area contributed by atoms with Crippen molar-refractivity contribution < 1.29 is 0 Å². The van der Waals surface area contributed by atoms with Crippen LogP contribution < -0.4 is 10.2 Å². The highest BCUT2D eigenvalue weighted by molar-refractivity contribution is 5.55. The van der Waals surface area contributed by atoms with E-state index < -0.39 is 0 Å². The standard InChI is InChI=1S/C14H23N3/c1-3-8-15-14-11-13(7-9-16-14)17(10-4-2)12-5-6-12/h7,9,11-12H,3-6,8,10H2,1-2H3,(H,15,16). The first-order chi connectivity index (χ1) is 8.35. The molecule has 1 heterocycles. The summed E-state index contributed by atoms with van der Waals surface area (Å²) in [6.07, 6.45) is 6.95.